The van der Waals surface area contributed by atoms with Crippen molar-refractivity contribution in [3.05, 3.63) is 0 Å². The van der Waals surface area contributed by atoms with Gasteiger partial charge in [0.05, 0.1) is 5.54 Å². The Morgan fingerprint density at radius 1 is 1.56 bits per heavy atom. The Morgan fingerprint density at radius 2 is 2.00 bits per heavy atom. The fourth-order valence-electron chi connectivity index (χ4n) is 0.166. The maximum Gasteiger partial charge on any atom is 0.235 e. The van der Waals surface area contributed by atoms with E-state index in [4.69, 9.17) is 23.2 Å². The highest BCUT2D eigenvalue weighted by atomic mass is 35.5. The number of nitrogens with zero attached hydrogens (tertiary/aromatic N) is 1. The van der Waals surface area contributed by atoms with E-state index in [1.54, 1.807) is 13.8 Å². The number of halogens is 2. The summed E-state index contributed by atoms with van der Waals surface area (Å²) in [7, 11) is 0. The Bertz CT molecular complexity index is 138. The Kier molecular flexibility index (Phi) is 3.20. The second-order valence-electron chi connectivity index (χ2n) is 2.16. The minimum Gasteiger partial charge on any atom is -0.211 e. The third-order valence-corrected chi connectivity index (χ3v) is 1.94. The van der Waals surface area contributed by atoms with Gasteiger partial charge in [-0.25, -0.2) is 4.79 Å². The monoisotopic (exact) mass is 167 g/mol. The minimum absolute atomic E-state index is 0.668. The van der Waals surface area contributed by atoms with Crippen LogP contribution in [0.4, 0.5) is 0 Å². The molecule has 0 spiro atoms. The van der Waals surface area contributed by atoms with Crippen molar-refractivity contribution >= 4 is 29.3 Å². The molecule has 0 aromatic heterocycles. The van der Waals surface area contributed by atoms with E-state index in [0.29, 0.717) is 0 Å². The van der Waals surface area contributed by atoms with Gasteiger partial charge in [0, 0.05) is 0 Å². The molecule has 0 fully saturated rings. The molecule has 0 amide bonds. The van der Waals surface area contributed by atoms with Gasteiger partial charge in [0.1, 0.15) is 4.84 Å². The Hall–Kier alpha value is -0.0400. The number of hydrogen-bond acceptors (Lipinski definition) is 2. The predicted molar refractivity (Wildman–Crippen MR) is 37.7 cm³/mol. The molecule has 0 saturated carbocycles. The molecule has 0 unspecified atom stereocenters. The van der Waals surface area contributed by atoms with E-state index in [1.807, 2.05) is 0 Å². The van der Waals surface area contributed by atoms with Gasteiger partial charge in [-0.05, 0) is 13.8 Å². The predicted octanol–water partition coefficient (Wildman–Crippen LogP) is 1.90. The molecule has 0 N–H and O–H groups in total. The van der Waals surface area contributed by atoms with Crippen molar-refractivity contribution < 1.29 is 4.79 Å². The van der Waals surface area contributed by atoms with E-state index in [1.165, 1.54) is 6.08 Å². The maximum atomic E-state index is 9.72. The molecule has 0 aromatic rings. The van der Waals surface area contributed by atoms with Gasteiger partial charge in [-0.1, -0.05) is 0 Å². The molecule has 0 saturated heterocycles. The Morgan fingerprint density at radius 3 is 2.11 bits per heavy atom. The van der Waals surface area contributed by atoms with Gasteiger partial charge in [-0.15, -0.1) is 23.2 Å². The fourth-order valence-corrected chi connectivity index (χ4v) is 0.264. The van der Waals surface area contributed by atoms with E-state index < -0.39 is 10.4 Å². The summed E-state index contributed by atoms with van der Waals surface area (Å²) >= 11 is 10.9. The molecule has 0 aliphatic rings. The summed E-state index contributed by atoms with van der Waals surface area (Å²) in [6.07, 6.45) is 1.40. The molecule has 0 aromatic carbocycles. The number of rotatable bonds is 2. The average Bonchev–Trinajstić information content (AvgIpc) is 1.65. The zero-order valence-corrected chi connectivity index (χ0v) is 6.70. The van der Waals surface area contributed by atoms with Crippen molar-refractivity contribution in [3.63, 3.8) is 0 Å². The van der Waals surface area contributed by atoms with Crippen LogP contribution in [0.5, 0.6) is 0 Å². The molecule has 0 bridgehead atoms. The van der Waals surface area contributed by atoms with Gasteiger partial charge in [0.25, 0.3) is 0 Å². The first kappa shape index (κ1) is 8.96. The third kappa shape index (κ3) is 2.85. The lowest BCUT2D eigenvalue weighted by molar-refractivity contribution is 0.526. The van der Waals surface area contributed by atoms with Crippen LogP contribution >= 0.6 is 23.2 Å². The van der Waals surface area contributed by atoms with Crippen molar-refractivity contribution in [2.24, 2.45) is 4.99 Å². The van der Waals surface area contributed by atoms with Crippen molar-refractivity contribution in [2.45, 2.75) is 24.2 Å². The zero-order valence-electron chi connectivity index (χ0n) is 5.19. The van der Waals surface area contributed by atoms with Crippen molar-refractivity contribution in [1.82, 2.24) is 0 Å². The van der Waals surface area contributed by atoms with Crippen LogP contribution in [0.2, 0.25) is 0 Å². The summed E-state index contributed by atoms with van der Waals surface area (Å²) in [5.41, 5.74) is -0.717. The molecule has 0 rings (SSSR count). The summed E-state index contributed by atoms with van der Waals surface area (Å²) in [5, 5.41) is 0. The normalized spacial score (nSPS) is 11.2. The lowest BCUT2D eigenvalue weighted by Crippen LogP contribution is -2.24. The van der Waals surface area contributed by atoms with E-state index in [0.717, 1.165) is 0 Å². The highest BCUT2D eigenvalue weighted by Gasteiger charge is 2.24. The third-order valence-electron chi connectivity index (χ3n) is 0.868. The van der Waals surface area contributed by atoms with Crippen molar-refractivity contribution in [2.75, 3.05) is 0 Å². The van der Waals surface area contributed by atoms with E-state index in [-0.39, 0.29) is 0 Å². The molecule has 0 aliphatic carbocycles. The number of alkyl halides is 2. The van der Waals surface area contributed by atoms with Crippen LogP contribution in [0.15, 0.2) is 4.99 Å². The van der Waals surface area contributed by atoms with Gasteiger partial charge < -0.3 is 0 Å². The quantitative estimate of drug-likeness (QED) is 0.351. The molecular weight excluding hydrogens is 161 g/mol. The number of isocyanates is 1. The summed E-state index contributed by atoms with van der Waals surface area (Å²) in [6, 6.07) is 0. The highest BCUT2D eigenvalue weighted by molar-refractivity contribution is 6.45. The number of carbonyl (C=O) groups excluding carboxylic acids is 1. The molecule has 9 heavy (non-hydrogen) atoms. The second-order valence-corrected chi connectivity index (χ2v) is 3.25. The molecule has 4 heteroatoms. The van der Waals surface area contributed by atoms with Crippen LogP contribution in [0.3, 0.4) is 0 Å². The SMILES string of the molecule is CC(C)(N=C=O)C(Cl)Cl. The lowest BCUT2D eigenvalue weighted by atomic mass is 10.1. The first-order chi connectivity index (χ1) is 4.00. The van der Waals surface area contributed by atoms with Crippen LogP contribution in [0.1, 0.15) is 13.8 Å². The summed E-state index contributed by atoms with van der Waals surface area (Å²) in [5.74, 6) is 0. The van der Waals surface area contributed by atoms with E-state index in [9.17, 15) is 4.79 Å². The van der Waals surface area contributed by atoms with Crippen molar-refractivity contribution in [3.8, 4) is 0 Å². The smallest absolute Gasteiger partial charge is 0.211 e. The molecule has 0 radical (unpaired) electrons. The molecule has 52 valence electrons. The van der Waals surface area contributed by atoms with E-state index in [2.05, 4.69) is 4.99 Å². The summed E-state index contributed by atoms with van der Waals surface area (Å²) in [6.45, 7) is 3.31. The van der Waals surface area contributed by atoms with Gasteiger partial charge >= 0.3 is 0 Å². The minimum atomic E-state index is -0.717. The highest BCUT2D eigenvalue weighted by Crippen LogP contribution is 2.22. The van der Waals surface area contributed by atoms with Crippen LogP contribution in [-0.4, -0.2) is 16.5 Å². The van der Waals surface area contributed by atoms with Crippen LogP contribution in [0, 0.1) is 0 Å². The van der Waals surface area contributed by atoms with Gasteiger partial charge in [0.2, 0.25) is 6.08 Å². The molecule has 0 aliphatic heterocycles. The van der Waals surface area contributed by atoms with Gasteiger partial charge in [0.15, 0.2) is 0 Å². The van der Waals surface area contributed by atoms with Crippen LogP contribution in [0.25, 0.3) is 0 Å². The molecule has 2 nitrogen and oxygen atoms in total. The first-order valence-electron chi connectivity index (χ1n) is 2.38. The van der Waals surface area contributed by atoms with E-state index >= 15 is 0 Å². The van der Waals surface area contributed by atoms with Gasteiger partial charge in [-0.2, -0.15) is 4.99 Å². The number of aliphatic imine (C=N–C) groups is 1. The molecule has 0 atom stereocenters. The zero-order chi connectivity index (χ0) is 7.49. The van der Waals surface area contributed by atoms with Crippen molar-refractivity contribution in [1.29, 1.82) is 0 Å². The van der Waals surface area contributed by atoms with Gasteiger partial charge in [-0.3, -0.25) is 0 Å². The Balaban J connectivity index is 4.18. The molecular formula is C5H7Cl2NO. The fraction of sp³-hybridized carbons (Fsp3) is 0.800. The standard InChI is InChI=1S/C5H7Cl2NO/c1-5(2,4(6)7)8-3-9/h4H,1-2H3. The van der Waals surface area contributed by atoms with Crippen LogP contribution in [-0.2, 0) is 4.79 Å². The van der Waals surface area contributed by atoms with Crippen LogP contribution < -0.4 is 0 Å². The topological polar surface area (TPSA) is 29.4 Å². The molecule has 0 heterocycles. The lowest BCUT2D eigenvalue weighted by Gasteiger charge is -2.17. The second kappa shape index (κ2) is 3.21. The number of hydrogen-bond donors (Lipinski definition) is 0. The summed E-state index contributed by atoms with van der Waals surface area (Å²) < 4.78 is 0. The summed E-state index contributed by atoms with van der Waals surface area (Å²) in [4.78, 5) is 12.4. The maximum absolute atomic E-state index is 9.72. The largest absolute Gasteiger partial charge is 0.235 e. The Labute approximate surface area is 63.9 Å². The average molecular weight is 168 g/mol. The first-order valence-corrected chi connectivity index (χ1v) is 3.25.